The van der Waals surface area contributed by atoms with Crippen LogP contribution in [-0.4, -0.2) is 168 Å². The molecule has 3 fully saturated rings. The lowest BCUT2D eigenvalue weighted by Gasteiger charge is -2.31. The van der Waals surface area contributed by atoms with Crippen molar-refractivity contribution in [3.05, 3.63) is 185 Å². The number of aliphatic hydroxyl groups excluding tert-OH is 1. The quantitative estimate of drug-likeness (QED) is 0.0370. The van der Waals surface area contributed by atoms with Crippen molar-refractivity contribution in [2.45, 2.75) is 64.3 Å². The van der Waals surface area contributed by atoms with Crippen LogP contribution in [0.1, 0.15) is 58.3 Å². The average Bonchev–Trinajstić information content (AvgIpc) is 1.69. The summed E-state index contributed by atoms with van der Waals surface area (Å²) in [6.45, 7) is 8.72. The van der Waals surface area contributed by atoms with Crippen LogP contribution in [0.25, 0.3) is 67.6 Å². The second kappa shape index (κ2) is 35.6. The molecule has 3 saturated heterocycles. The van der Waals surface area contributed by atoms with Crippen molar-refractivity contribution in [1.29, 1.82) is 0 Å². The lowest BCUT2D eigenvalue weighted by molar-refractivity contribution is -0.127. The van der Waals surface area contributed by atoms with E-state index in [1.165, 1.54) is 0 Å². The molecule has 11 heterocycles. The molecule has 8 aromatic heterocycles. The number of carbonyl (C=O) groups excluding carboxylic acids is 3. The Labute approximate surface area is 654 Å². The summed E-state index contributed by atoms with van der Waals surface area (Å²) in [7, 11) is 0. The van der Waals surface area contributed by atoms with Crippen LogP contribution in [0.4, 0.5) is 32.9 Å². The van der Waals surface area contributed by atoms with Crippen LogP contribution in [0, 0.1) is 11.8 Å². The van der Waals surface area contributed by atoms with Gasteiger partial charge in [-0.15, -0.1) is 0 Å². The van der Waals surface area contributed by atoms with Crippen LogP contribution in [0.5, 0.6) is 0 Å². The summed E-state index contributed by atoms with van der Waals surface area (Å²) in [5, 5.41) is 42.4. The number of hydrogen-bond donors (Lipinski definition) is 7. The highest BCUT2D eigenvalue weighted by atomic mass is 79.9. The van der Waals surface area contributed by atoms with Gasteiger partial charge in [-0.3, -0.25) is 4.79 Å². The Balaban J connectivity index is 0.000000132. The number of hydrogen-bond acceptors (Lipinski definition) is 16. The van der Waals surface area contributed by atoms with Crippen LogP contribution in [0.15, 0.2) is 170 Å². The van der Waals surface area contributed by atoms with Crippen LogP contribution < -0.4 is 32.7 Å². The zero-order valence-corrected chi connectivity index (χ0v) is 65.7. The van der Waals surface area contributed by atoms with Gasteiger partial charge in [-0.05, 0) is 146 Å². The molecule has 15 rings (SSSR count). The molecule has 3 unspecified atom stereocenters. The maximum atomic E-state index is 11.7. The largest absolute Gasteiger partial charge is 0.394 e. The third-order valence-corrected chi connectivity index (χ3v) is 21.3. The number of anilines is 4. The Morgan fingerprint density at radius 3 is 1.40 bits per heavy atom. The predicted molar refractivity (Wildman–Crippen MR) is 428 cm³/mol. The lowest BCUT2D eigenvalue weighted by Crippen LogP contribution is -2.44. The van der Waals surface area contributed by atoms with E-state index < -0.39 is 0 Å². The molecule has 4 aromatic carbocycles. The molecule has 32 heteroatoms. The van der Waals surface area contributed by atoms with Crippen molar-refractivity contribution in [3.8, 4) is 45.0 Å². The molecule has 546 valence electrons. The van der Waals surface area contributed by atoms with E-state index in [-0.39, 0.29) is 30.6 Å². The summed E-state index contributed by atoms with van der Waals surface area (Å²) in [5.41, 5.74) is 20.6. The fraction of sp³-hybridized carbons (Fsp3) is 0.301. The molecule has 3 aliphatic heterocycles. The van der Waals surface area contributed by atoms with Crippen molar-refractivity contribution in [2.75, 3.05) is 86.8 Å². The Kier molecular flexibility index (Phi) is 25.8. The molecule has 0 radical (unpaired) electrons. The Bertz CT molecular complexity index is 5050. The molecule has 3 aliphatic rings. The van der Waals surface area contributed by atoms with Crippen molar-refractivity contribution in [1.82, 2.24) is 73.1 Å². The van der Waals surface area contributed by atoms with Gasteiger partial charge in [0.05, 0.1) is 72.1 Å². The van der Waals surface area contributed by atoms with Crippen LogP contribution in [-0.2, 0) is 4.79 Å². The van der Waals surface area contributed by atoms with E-state index in [1.54, 1.807) is 52.6 Å². The summed E-state index contributed by atoms with van der Waals surface area (Å²) in [6, 6.07) is 40.0. The standard InChI is InChI=1S/C20H22BrClN6O.C19H19BrClN5O.C19H21BrN6O.C15H14BrClN4O/c21-15-11-25-28-18(24-8-7-13-4-3-9-27(12-13)20(23)29)10-17(26-19(15)28)14-5-1-2-6-16(14)22;20-14-12-23-26-17(22-8-4-10-25-9-3-7-18(25)27)11-16(24-19(14)26)13-5-1-2-6-15(13)21;20-15-11-23-26-17(22-10-13-5-4-8-25(12-13)19(21)27)9-16(24-18(15)26)14-6-2-1-3-7-14;1-9(8-22)19-14-6-13(10-4-2-3-5-12(10)17)20-15-11(16)7-18-21(14)15/h1-2,5-6,10-11,13,24H,3-4,7-9,12H2,(H2,23,29);1-2,5-6,11-12,22H,3-4,7-10H2;1-3,6-7,9,11,13,22H,4-5,8,10,12H2,(H2,21,27);2-7,9,19,22H,8H2,1H3. The monoisotopic (exact) mass is 1730 g/mol. The lowest BCUT2D eigenvalue weighted by atomic mass is 9.95. The number of urea groups is 2. The number of carbonyl (C=O) groups is 3. The van der Waals surface area contributed by atoms with Crippen LogP contribution >= 0.6 is 98.5 Å². The highest BCUT2D eigenvalue weighted by Gasteiger charge is 2.26. The number of benzene rings is 4. The third-order valence-electron chi connectivity index (χ3n) is 18.1. The van der Waals surface area contributed by atoms with Gasteiger partial charge in [-0.1, -0.05) is 120 Å². The van der Waals surface area contributed by atoms with Crippen LogP contribution in [0.2, 0.25) is 15.1 Å². The van der Waals surface area contributed by atoms with Crippen molar-refractivity contribution >= 4 is 162 Å². The van der Waals surface area contributed by atoms with E-state index in [0.29, 0.717) is 45.5 Å². The highest BCUT2D eigenvalue weighted by Crippen LogP contribution is 2.35. The molecule has 0 spiro atoms. The number of halogens is 7. The van der Waals surface area contributed by atoms with Gasteiger partial charge in [0.15, 0.2) is 22.6 Å². The van der Waals surface area contributed by atoms with Gasteiger partial charge in [0, 0.05) is 133 Å². The summed E-state index contributed by atoms with van der Waals surface area (Å²) in [4.78, 5) is 58.8. The van der Waals surface area contributed by atoms with Crippen molar-refractivity contribution in [3.63, 3.8) is 0 Å². The van der Waals surface area contributed by atoms with Gasteiger partial charge in [0.25, 0.3) is 0 Å². The van der Waals surface area contributed by atoms with E-state index in [9.17, 15) is 19.5 Å². The molecular formula is C73H76Br4Cl3N21O4. The Morgan fingerprint density at radius 2 is 0.943 bits per heavy atom. The number of rotatable bonds is 19. The molecule has 9 N–H and O–H groups in total. The highest BCUT2D eigenvalue weighted by molar-refractivity contribution is 9.11. The number of nitrogens with zero attached hydrogens (tertiary/aromatic N) is 15. The summed E-state index contributed by atoms with van der Waals surface area (Å²) in [6.07, 6.45) is 14.5. The van der Waals surface area contributed by atoms with Gasteiger partial charge in [0.2, 0.25) is 5.91 Å². The number of nitrogens with one attached hydrogen (secondary N) is 4. The molecule has 105 heavy (non-hydrogen) atoms. The molecule has 0 aliphatic carbocycles. The van der Waals surface area contributed by atoms with Crippen molar-refractivity contribution < 1.29 is 19.5 Å². The molecular weight excluding hydrogens is 1660 g/mol. The number of aromatic nitrogens is 12. The van der Waals surface area contributed by atoms with Crippen LogP contribution in [0.3, 0.4) is 0 Å². The van der Waals surface area contributed by atoms with E-state index in [1.807, 2.05) is 139 Å². The zero-order valence-electron chi connectivity index (χ0n) is 57.1. The number of nitrogens with two attached hydrogens (primary N) is 2. The predicted octanol–water partition coefficient (Wildman–Crippen LogP) is 15.6. The molecule has 12 aromatic rings. The smallest absolute Gasteiger partial charge is 0.314 e. The molecule has 3 atom stereocenters. The number of piperidine rings is 2. The zero-order chi connectivity index (χ0) is 73.7. The first-order chi connectivity index (χ1) is 50.9. The number of primary amides is 2. The van der Waals surface area contributed by atoms with E-state index >= 15 is 0 Å². The maximum Gasteiger partial charge on any atom is 0.314 e. The second-order valence-electron chi connectivity index (χ2n) is 25.5. The maximum absolute atomic E-state index is 11.7. The summed E-state index contributed by atoms with van der Waals surface area (Å²) < 4.78 is 10.3. The normalized spacial score (nSPS) is 15.4. The first-order valence-corrected chi connectivity index (χ1v) is 38.6. The minimum atomic E-state index is -0.339. The molecule has 5 amide bonds. The Hall–Kier alpha value is -8.68. The van der Waals surface area contributed by atoms with Gasteiger partial charge >= 0.3 is 12.1 Å². The second-order valence-corrected chi connectivity index (χ2v) is 30.1. The first-order valence-electron chi connectivity index (χ1n) is 34.3. The van der Waals surface area contributed by atoms with Gasteiger partial charge < -0.3 is 52.5 Å². The number of amides is 5. The third kappa shape index (κ3) is 18.8. The van der Waals surface area contributed by atoms with E-state index in [4.69, 9.17) is 61.2 Å². The van der Waals surface area contributed by atoms with Gasteiger partial charge in [-0.2, -0.15) is 38.5 Å². The fourth-order valence-corrected chi connectivity index (χ4v) is 14.8. The molecule has 25 nitrogen and oxygen atoms in total. The number of aliphatic hydroxyl groups is 1. The molecule has 0 bridgehead atoms. The number of likely N-dealkylation sites (tertiary alicyclic amines) is 3. The number of fused-ring (bicyclic) bond motifs is 4. The minimum absolute atomic E-state index is 0.0215. The minimum Gasteiger partial charge on any atom is -0.394 e. The summed E-state index contributed by atoms with van der Waals surface area (Å²) in [5.74, 6) is 4.36. The van der Waals surface area contributed by atoms with Crippen molar-refractivity contribution in [2.24, 2.45) is 23.3 Å². The fourth-order valence-electron chi connectivity index (χ4n) is 12.7. The van der Waals surface area contributed by atoms with E-state index in [0.717, 1.165) is 200 Å². The molecule has 0 saturated carbocycles. The van der Waals surface area contributed by atoms with Gasteiger partial charge in [0.1, 0.15) is 23.3 Å². The van der Waals surface area contributed by atoms with Gasteiger partial charge in [-0.25, -0.2) is 29.5 Å². The Morgan fingerprint density at radius 1 is 0.533 bits per heavy atom. The summed E-state index contributed by atoms with van der Waals surface area (Å²) >= 11 is 33.0. The first kappa shape index (κ1) is 76.0. The SMILES string of the molecule is CC(CO)Nc1cc(-c2ccccc2Cl)nc2c(Br)cnn12.NC(=O)N1CCCC(CCNc2cc(-c3ccccc3Cl)nc3c(Br)cnn23)C1.NC(=O)N1CCCC(CNc2cc(-c3ccccc3)nc3c(Br)cnn23)C1.O=C1CCCN1CCCNc1cc(-c2ccccc2Cl)nc2c(Br)cnn12. The van der Waals surface area contributed by atoms with E-state index in [2.05, 4.69) is 110 Å². The topological polar surface area (TPSA) is 302 Å². The average molecular weight is 1740 g/mol.